The summed E-state index contributed by atoms with van der Waals surface area (Å²) in [6.45, 7) is 8.59. The van der Waals surface area contributed by atoms with Crippen molar-refractivity contribution < 1.29 is 4.79 Å². The summed E-state index contributed by atoms with van der Waals surface area (Å²) in [4.78, 5) is 12.1. The Morgan fingerprint density at radius 1 is 1.25 bits per heavy atom. The van der Waals surface area contributed by atoms with Crippen LogP contribution >= 0.6 is 0 Å². The molecule has 0 amide bonds. The predicted molar refractivity (Wildman–Crippen MR) is 67.0 cm³/mol. The Labute approximate surface area is 97.9 Å². The Bertz CT molecular complexity index is 424. The highest BCUT2D eigenvalue weighted by Crippen LogP contribution is 2.30. The molecule has 0 saturated carbocycles. The number of carbonyl (C=O) groups excluding carboxylic acids is 1. The van der Waals surface area contributed by atoms with Crippen LogP contribution in [-0.4, -0.2) is 5.78 Å². The number of hydrogen-bond donors (Lipinski definition) is 0. The molecule has 0 saturated heterocycles. The molecule has 1 heteroatoms. The number of Topliss-reactive ketones (excluding diaryl/α,β-unsaturated/α-hetero) is 1. The molecule has 1 aliphatic carbocycles. The quantitative estimate of drug-likeness (QED) is 0.645. The highest BCUT2D eigenvalue weighted by Gasteiger charge is 2.25. The van der Waals surface area contributed by atoms with Gasteiger partial charge < -0.3 is 0 Å². The fourth-order valence-electron chi connectivity index (χ4n) is 2.26. The average Bonchev–Trinajstić information content (AvgIpc) is 2.22. The highest BCUT2D eigenvalue weighted by molar-refractivity contribution is 6.00. The van der Waals surface area contributed by atoms with Gasteiger partial charge in [0.05, 0.1) is 0 Å². The first-order valence-corrected chi connectivity index (χ1v) is 6.07. The summed E-state index contributed by atoms with van der Waals surface area (Å²) in [7, 11) is 0. The Balaban J connectivity index is 2.49. The zero-order valence-electron chi connectivity index (χ0n) is 10.6. The van der Waals surface area contributed by atoms with E-state index in [4.69, 9.17) is 0 Å². The molecule has 0 fully saturated rings. The zero-order chi connectivity index (χ0) is 11.9. The maximum atomic E-state index is 12.1. The fraction of sp³-hybridized carbons (Fsp3) is 0.533. The molecule has 1 nitrogen and oxygen atoms in total. The third kappa shape index (κ3) is 1.91. The second kappa shape index (κ2) is 3.73. The molecule has 0 aliphatic heterocycles. The van der Waals surface area contributed by atoms with E-state index in [2.05, 4.69) is 39.0 Å². The molecule has 0 radical (unpaired) electrons. The van der Waals surface area contributed by atoms with Gasteiger partial charge in [0.2, 0.25) is 0 Å². The molecule has 86 valence electrons. The van der Waals surface area contributed by atoms with Gasteiger partial charge in [-0.25, -0.2) is 0 Å². The highest BCUT2D eigenvalue weighted by atomic mass is 16.1. The van der Waals surface area contributed by atoms with E-state index in [1.165, 1.54) is 11.1 Å². The van der Waals surface area contributed by atoms with Gasteiger partial charge in [0.25, 0.3) is 0 Å². The Morgan fingerprint density at radius 3 is 2.56 bits per heavy atom. The van der Waals surface area contributed by atoms with Gasteiger partial charge in [0.1, 0.15) is 0 Å². The number of rotatable bonds is 0. The molecule has 0 aromatic heterocycles. The molecule has 16 heavy (non-hydrogen) atoms. The number of ketones is 1. The molecule has 1 aliphatic rings. The van der Waals surface area contributed by atoms with Crippen molar-refractivity contribution in [2.24, 2.45) is 5.92 Å². The maximum Gasteiger partial charge on any atom is 0.165 e. The minimum Gasteiger partial charge on any atom is -0.294 e. The molecule has 0 bridgehead atoms. The van der Waals surface area contributed by atoms with Gasteiger partial charge >= 0.3 is 0 Å². The van der Waals surface area contributed by atoms with Gasteiger partial charge in [-0.15, -0.1) is 0 Å². The molecule has 1 aromatic rings. The van der Waals surface area contributed by atoms with Gasteiger partial charge in [-0.2, -0.15) is 0 Å². The standard InChI is InChI=1S/C15H20O/c1-10-5-6-11-7-8-12(15(2,3)4)9-13(11)14(10)16/h7-10H,5-6H2,1-4H3. The van der Waals surface area contributed by atoms with Crippen molar-refractivity contribution in [1.82, 2.24) is 0 Å². The minimum atomic E-state index is 0.121. The van der Waals surface area contributed by atoms with E-state index in [1.54, 1.807) is 0 Å². The summed E-state index contributed by atoms with van der Waals surface area (Å²) in [6.07, 6.45) is 2.05. The van der Waals surface area contributed by atoms with E-state index < -0.39 is 0 Å². The lowest BCUT2D eigenvalue weighted by Gasteiger charge is -2.25. The summed E-state index contributed by atoms with van der Waals surface area (Å²) in [6, 6.07) is 6.41. The monoisotopic (exact) mass is 216 g/mol. The van der Waals surface area contributed by atoms with Gasteiger partial charge in [-0.3, -0.25) is 4.79 Å². The van der Waals surface area contributed by atoms with Crippen molar-refractivity contribution >= 4 is 5.78 Å². The summed E-state index contributed by atoms with van der Waals surface area (Å²) >= 11 is 0. The molecular formula is C15H20O. The van der Waals surface area contributed by atoms with Crippen LogP contribution < -0.4 is 0 Å². The molecule has 1 atom stereocenters. The third-order valence-electron chi connectivity index (χ3n) is 3.54. The molecule has 0 N–H and O–H groups in total. The van der Waals surface area contributed by atoms with Gasteiger partial charge in [0, 0.05) is 11.5 Å². The molecule has 1 unspecified atom stereocenters. The van der Waals surface area contributed by atoms with Gasteiger partial charge in [-0.05, 0) is 35.4 Å². The Hall–Kier alpha value is -1.11. The second-order valence-electron chi connectivity index (χ2n) is 5.93. The van der Waals surface area contributed by atoms with E-state index in [0.29, 0.717) is 5.78 Å². The van der Waals surface area contributed by atoms with Crippen molar-refractivity contribution in [3.8, 4) is 0 Å². The van der Waals surface area contributed by atoms with Gasteiger partial charge in [0.15, 0.2) is 5.78 Å². The van der Waals surface area contributed by atoms with Crippen molar-refractivity contribution in [2.75, 3.05) is 0 Å². The van der Waals surface area contributed by atoms with Crippen molar-refractivity contribution in [2.45, 2.75) is 46.0 Å². The first-order chi connectivity index (χ1) is 7.39. The molecule has 1 aromatic carbocycles. The lowest BCUT2D eigenvalue weighted by atomic mass is 9.79. The van der Waals surface area contributed by atoms with Gasteiger partial charge in [-0.1, -0.05) is 39.8 Å². The van der Waals surface area contributed by atoms with E-state index in [9.17, 15) is 4.79 Å². The Morgan fingerprint density at radius 2 is 1.94 bits per heavy atom. The van der Waals surface area contributed by atoms with E-state index in [-0.39, 0.29) is 11.3 Å². The summed E-state index contributed by atoms with van der Waals surface area (Å²) in [5.74, 6) is 0.523. The first kappa shape index (κ1) is 11.4. The lowest BCUT2D eigenvalue weighted by molar-refractivity contribution is 0.0913. The van der Waals surface area contributed by atoms with E-state index >= 15 is 0 Å². The molecule has 0 heterocycles. The van der Waals surface area contributed by atoms with Crippen LogP contribution in [0.2, 0.25) is 0 Å². The molecular weight excluding hydrogens is 196 g/mol. The number of fused-ring (bicyclic) bond motifs is 1. The summed E-state index contributed by atoms with van der Waals surface area (Å²) < 4.78 is 0. The Kier molecular flexibility index (Phi) is 2.65. The average molecular weight is 216 g/mol. The van der Waals surface area contributed by atoms with Crippen LogP contribution in [0.3, 0.4) is 0 Å². The molecule has 0 spiro atoms. The van der Waals surface area contributed by atoms with E-state index in [0.717, 1.165) is 18.4 Å². The fourth-order valence-corrected chi connectivity index (χ4v) is 2.26. The van der Waals surface area contributed by atoms with Crippen LogP contribution in [0, 0.1) is 5.92 Å². The van der Waals surface area contributed by atoms with Crippen molar-refractivity contribution in [1.29, 1.82) is 0 Å². The smallest absolute Gasteiger partial charge is 0.165 e. The lowest BCUT2D eigenvalue weighted by Crippen LogP contribution is -2.21. The van der Waals surface area contributed by atoms with Crippen LogP contribution in [0.15, 0.2) is 18.2 Å². The third-order valence-corrected chi connectivity index (χ3v) is 3.54. The number of carbonyl (C=O) groups is 1. The summed E-state index contributed by atoms with van der Waals surface area (Å²) in [5.41, 5.74) is 3.58. The molecule has 2 rings (SSSR count). The topological polar surface area (TPSA) is 17.1 Å². The van der Waals surface area contributed by atoms with Crippen molar-refractivity contribution in [3.63, 3.8) is 0 Å². The largest absolute Gasteiger partial charge is 0.294 e. The normalized spacial score (nSPS) is 20.8. The predicted octanol–water partition coefficient (Wildman–Crippen LogP) is 3.75. The second-order valence-corrected chi connectivity index (χ2v) is 5.93. The van der Waals surface area contributed by atoms with Crippen LogP contribution in [0.4, 0.5) is 0 Å². The number of aryl methyl sites for hydroxylation is 1. The number of benzene rings is 1. The van der Waals surface area contributed by atoms with Crippen LogP contribution in [-0.2, 0) is 11.8 Å². The van der Waals surface area contributed by atoms with Crippen LogP contribution in [0.1, 0.15) is 55.6 Å². The minimum absolute atomic E-state index is 0.121. The van der Waals surface area contributed by atoms with E-state index in [1.807, 2.05) is 6.92 Å². The summed E-state index contributed by atoms with van der Waals surface area (Å²) in [5, 5.41) is 0. The van der Waals surface area contributed by atoms with Crippen molar-refractivity contribution in [3.05, 3.63) is 34.9 Å². The van der Waals surface area contributed by atoms with Crippen LogP contribution in [0.25, 0.3) is 0 Å². The SMILES string of the molecule is CC1CCc2ccc(C(C)(C)C)cc2C1=O. The maximum absolute atomic E-state index is 12.1. The first-order valence-electron chi connectivity index (χ1n) is 6.07. The number of hydrogen-bond acceptors (Lipinski definition) is 1. The van der Waals surface area contributed by atoms with Crippen LogP contribution in [0.5, 0.6) is 0 Å². The zero-order valence-corrected chi connectivity index (χ0v) is 10.6.